The van der Waals surface area contributed by atoms with Gasteiger partial charge in [0.2, 0.25) is 0 Å². The van der Waals surface area contributed by atoms with Gasteiger partial charge in [0.15, 0.2) is 0 Å². The highest BCUT2D eigenvalue weighted by molar-refractivity contribution is 5.16. The Morgan fingerprint density at radius 1 is 1.35 bits per heavy atom. The molecule has 2 rings (SSSR count). The van der Waals surface area contributed by atoms with Gasteiger partial charge in [-0.15, -0.1) is 0 Å². The number of nitrogens with one attached hydrogen (secondary N) is 1. The average Bonchev–Trinajstić information content (AvgIpc) is 2.78. The topological polar surface area (TPSA) is 28.4 Å². The van der Waals surface area contributed by atoms with Crippen LogP contribution in [0.5, 0.6) is 0 Å². The van der Waals surface area contributed by atoms with Crippen LogP contribution in [0.1, 0.15) is 43.4 Å². The normalized spacial score (nSPS) is 17.8. The minimum atomic E-state index is 0.747. The Labute approximate surface area is 104 Å². The van der Waals surface area contributed by atoms with E-state index in [1.165, 1.54) is 37.7 Å². The third-order valence-corrected chi connectivity index (χ3v) is 3.80. The summed E-state index contributed by atoms with van der Waals surface area (Å²) < 4.78 is 5.60. The molecule has 0 spiro atoms. The lowest BCUT2D eigenvalue weighted by Gasteiger charge is -2.30. The summed E-state index contributed by atoms with van der Waals surface area (Å²) in [4.78, 5) is 2.46. The predicted octanol–water partition coefficient (Wildman–Crippen LogP) is 2.76. The SMILES string of the molecule is CNCc1ccoc1CN(C)C1CCCCC1. The third-order valence-electron chi connectivity index (χ3n) is 3.80. The highest BCUT2D eigenvalue weighted by Gasteiger charge is 2.19. The molecule has 1 aromatic heterocycles. The van der Waals surface area contributed by atoms with Crippen molar-refractivity contribution < 1.29 is 4.42 Å². The minimum absolute atomic E-state index is 0.747. The third kappa shape index (κ3) is 3.33. The molecule has 0 aromatic carbocycles. The van der Waals surface area contributed by atoms with E-state index in [0.29, 0.717) is 0 Å². The van der Waals surface area contributed by atoms with Gasteiger partial charge in [0.05, 0.1) is 12.8 Å². The second-order valence-electron chi connectivity index (χ2n) is 5.11. The molecule has 0 unspecified atom stereocenters. The van der Waals surface area contributed by atoms with Gasteiger partial charge in [-0.1, -0.05) is 19.3 Å². The van der Waals surface area contributed by atoms with Crippen molar-refractivity contribution in [1.29, 1.82) is 0 Å². The first-order valence-electron chi connectivity index (χ1n) is 6.71. The van der Waals surface area contributed by atoms with Crippen molar-refractivity contribution in [3.63, 3.8) is 0 Å². The van der Waals surface area contributed by atoms with Crippen LogP contribution in [0.15, 0.2) is 16.7 Å². The molecule has 1 aliphatic rings. The van der Waals surface area contributed by atoms with Crippen LogP contribution in [-0.2, 0) is 13.1 Å². The summed E-state index contributed by atoms with van der Waals surface area (Å²) in [5.41, 5.74) is 1.29. The van der Waals surface area contributed by atoms with Crippen molar-refractivity contribution in [1.82, 2.24) is 10.2 Å². The number of nitrogens with zero attached hydrogens (tertiary/aromatic N) is 1. The van der Waals surface area contributed by atoms with Crippen LogP contribution in [-0.4, -0.2) is 25.0 Å². The molecular formula is C14H24N2O. The summed E-state index contributed by atoms with van der Waals surface area (Å²) in [5.74, 6) is 1.12. The fraction of sp³-hybridized carbons (Fsp3) is 0.714. The Morgan fingerprint density at radius 3 is 2.82 bits per heavy atom. The van der Waals surface area contributed by atoms with Crippen molar-refractivity contribution >= 4 is 0 Å². The zero-order chi connectivity index (χ0) is 12.1. The summed E-state index contributed by atoms with van der Waals surface area (Å²) in [6.45, 7) is 1.83. The largest absolute Gasteiger partial charge is 0.468 e. The van der Waals surface area contributed by atoms with Crippen molar-refractivity contribution in [2.75, 3.05) is 14.1 Å². The first-order valence-corrected chi connectivity index (χ1v) is 6.71. The van der Waals surface area contributed by atoms with Crippen LogP contribution in [0.3, 0.4) is 0 Å². The van der Waals surface area contributed by atoms with E-state index >= 15 is 0 Å². The molecule has 17 heavy (non-hydrogen) atoms. The molecule has 96 valence electrons. The van der Waals surface area contributed by atoms with Crippen molar-refractivity contribution in [2.24, 2.45) is 0 Å². The van der Waals surface area contributed by atoms with E-state index < -0.39 is 0 Å². The molecule has 1 aromatic rings. The molecule has 1 aliphatic carbocycles. The Kier molecular flexibility index (Phi) is 4.63. The van der Waals surface area contributed by atoms with Crippen LogP contribution >= 0.6 is 0 Å². The van der Waals surface area contributed by atoms with Crippen molar-refractivity contribution in [2.45, 2.75) is 51.2 Å². The molecule has 1 fully saturated rings. The Hall–Kier alpha value is -0.800. The molecule has 1 heterocycles. The second kappa shape index (κ2) is 6.22. The van der Waals surface area contributed by atoms with Gasteiger partial charge < -0.3 is 9.73 Å². The van der Waals surface area contributed by atoms with E-state index in [0.717, 1.165) is 24.9 Å². The van der Waals surface area contributed by atoms with Crippen LogP contribution in [0.25, 0.3) is 0 Å². The summed E-state index contributed by atoms with van der Waals surface area (Å²) in [6.07, 6.45) is 8.68. The van der Waals surface area contributed by atoms with Gasteiger partial charge >= 0.3 is 0 Å². The lowest BCUT2D eigenvalue weighted by atomic mass is 9.94. The summed E-state index contributed by atoms with van der Waals surface area (Å²) in [6, 6.07) is 2.82. The van der Waals surface area contributed by atoms with E-state index in [1.54, 1.807) is 6.26 Å². The average molecular weight is 236 g/mol. The fourth-order valence-electron chi connectivity index (χ4n) is 2.73. The molecule has 0 saturated heterocycles. The first kappa shape index (κ1) is 12.7. The van der Waals surface area contributed by atoms with Gasteiger partial charge in [0.25, 0.3) is 0 Å². The van der Waals surface area contributed by atoms with Crippen LogP contribution < -0.4 is 5.32 Å². The van der Waals surface area contributed by atoms with E-state index in [2.05, 4.69) is 23.3 Å². The van der Waals surface area contributed by atoms with Crippen LogP contribution in [0.4, 0.5) is 0 Å². The van der Waals surface area contributed by atoms with E-state index in [1.807, 2.05) is 7.05 Å². The van der Waals surface area contributed by atoms with Gasteiger partial charge in [0, 0.05) is 18.2 Å². The molecule has 3 heteroatoms. The van der Waals surface area contributed by atoms with Crippen LogP contribution in [0, 0.1) is 0 Å². The molecule has 0 amide bonds. The highest BCUT2D eigenvalue weighted by Crippen LogP contribution is 2.23. The van der Waals surface area contributed by atoms with Gasteiger partial charge in [-0.25, -0.2) is 0 Å². The minimum Gasteiger partial charge on any atom is -0.468 e. The maximum atomic E-state index is 5.60. The Morgan fingerprint density at radius 2 is 2.12 bits per heavy atom. The summed E-state index contributed by atoms with van der Waals surface area (Å²) in [7, 11) is 4.20. The monoisotopic (exact) mass is 236 g/mol. The second-order valence-corrected chi connectivity index (χ2v) is 5.11. The van der Waals surface area contributed by atoms with Crippen LogP contribution in [0.2, 0.25) is 0 Å². The van der Waals surface area contributed by atoms with E-state index in [4.69, 9.17) is 4.42 Å². The molecule has 1 saturated carbocycles. The maximum absolute atomic E-state index is 5.60. The quantitative estimate of drug-likeness (QED) is 0.852. The lowest BCUT2D eigenvalue weighted by Crippen LogP contribution is -2.33. The molecule has 0 radical (unpaired) electrons. The first-order chi connectivity index (χ1) is 8.31. The zero-order valence-electron chi connectivity index (χ0n) is 11.0. The lowest BCUT2D eigenvalue weighted by molar-refractivity contribution is 0.172. The molecule has 3 nitrogen and oxygen atoms in total. The predicted molar refractivity (Wildman–Crippen MR) is 69.8 cm³/mol. The van der Waals surface area contributed by atoms with Gasteiger partial charge in [-0.2, -0.15) is 0 Å². The highest BCUT2D eigenvalue weighted by atomic mass is 16.3. The fourth-order valence-corrected chi connectivity index (χ4v) is 2.73. The van der Waals surface area contributed by atoms with Crippen molar-refractivity contribution in [3.8, 4) is 0 Å². The zero-order valence-corrected chi connectivity index (χ0v) is 11.0. The molecular weight excluding hydrogens is 212 g/mol. The van der Waals surface area contributed by atoms with E-state index in [-0.39, 0.29) is 0 Å². The summed E-state index contributed by atoms with van der Waals surface area (Å²) in [5, 5.41) is 3.18. The molecule has 1 N–H and O–H groups in total. The van der Waals surface area contributed by atoms with Gasteiger partial charge in [-0.05, 0) is 33.0 Å². The Balaban J connectivity index is 1.92. The smallest absolute Gasteiger partial charge is 0.122 e. The van der Waals surface area contributed by atoms with Gasteiger partial charge in [0.1, 0.15) is 5.76 Å². The maximum Gasteiger partial charge on any atom is 0.122 e. The van der Waals surface area contributed by atoms with Crippen molar-refractivity contribution in [3.05, 3.63) is 23.7 Å². The van der Waals surface area contributed by atoms with E-state index in [9.17, 15) is 0 Å². The number of hydrogen-bond donors (Lipinski definition) is 1. The Bertz CT molecular complexity index is 329. The standard InChI is InChI=1S/C14H24N2O/c1-15-10-12-8-9-17-14(12)11-16(2)13-6-4-3-5-7-13/h8-9,13,15H,3-7,10-11H2,1-2H3. The number of rotatable bonds is 5. The number of furan rings is 1. The number of hydrogen-bond acceptors (Lipinski definition) is 3. The molecule has 0 aliphatic heterocycles. The molecule has 0 atom stereocenters. The molecule has 0 bridgehead atoms. The van der Waals surface area contributed by atoms with Gasteiger partial charge in [-0.3, -0.25) is 4.90 Å². The summed E-state index contributed by atoms with van der Waals surface area (Å²) >= 11 is 0.